The van der Waals surface area contributed by atoms with Crippen molar-refractivity contribution in [2.75, 3.05) is 5.73 Å². The molecule has 72 valence electrons. The molecule has 13 heavy (non-hydrogen) atoms. The Labute approximate surface area is 77.3 Å². The van der Waals surface area contributed by atoms with E-state index in [9.17, 15) is 0 Å². The molecule has 1 atom stereocenters. The summed E-state index contributed by atoms with van der Waals surface area (Å²) in [6.45, 7) is 4.35. The highest BCUT2D eigenvalue weighted by Gasteiger charge is 2.34. The lowest BCUT2D eigenvalue weighted by atomic mass is 9.76. The molecule has 1 aromatic heterocycles. The number of hydrogen-bond donors (Lipinski definition) is 2. The van der Waals surface area contributed by atoms with E-state index >= 15 is 0 Å². The van der Waals surface area contributed by atoms with E-state index in [-0.39, 0.29) is 17.5 Å². The first-order valence-corrected chi connectivity index (χ1v) is 4.49. The van der Waals surface area contributed by atoms with E-state index in [0.29, 0.717) is 0 Å². The molecular weight excluding hydrogens is 166 g/mol. The van der Waals surface area contributed by atoms with Crippen LogP contribution in [-0.2, 0) is 6.42 Å². The van der Waals surface area contributed by atoms with Crippen LogP contribution >= 0.6 is 0 Å². The third kappa shape index (κ3) is 1.42. The summed E-state index contributed by atoms with van der Waals surface area (Å²) in [5.74, 6) is 0.862. The average Bonchev–Trinajstić information content (AvgIpc) is 2.27. The average molecular weight is 181 g/mol. The Morgan fingerprint density at radius 2 is 2.23 bits per heavy atom. The molecule has 1 unspecified atom stereocenters. The van der Waals surface area contributed by atoms with Crippen LogP contribution in [0.25, 0.3) is 0 Å². The number of aromatic nitrogens is 1. The third-order valence-electron chi connectivity index (χ3n) is 2.51. The summed E-state index contributed by atoms with van der Waals surface area (Å²) in [6.07, 6.45) is 1.81. The molecule has 0 radical (unpaired) electrons. The summed E-state index contributed by atoms with van der Waals surface area (Å²) < 4.78 is 5.30. The van der Waals surface area contributed by atoms with Crippen molar-refractivity contribution in [1.29, 1.82) is 0 Å². The van der Waals surface area contributed by atoms with Gasteiger partial charge in [0.2, 0.25) is 0 Å². The lowest BCUT2D eigenvalue weighted by Gasteiger charge is -2.31. The minimum Gasteiger partial charge on any atom is -0.429 e. The Morgan fingerprint density at radius 3 is 2.92 bits per heavy atom. The zero-order chi connectivity index (χ0) is 9.64. The van der Waals surface area contributed by atoms with Crippen LogP contribution in [0.2, 0.25) is 0 Å². The molecule has 1 heterocycles. The lowest BCUT2D eigenvalue weighted by Crippen LogP contribution is -2.29. The number of nitrogens with zero attached hydrogens (tertiary/aromatic N) is 1. The van der Waals surface area contributed by atoms with Crippen molar-refractivity contribution in [3.8, 4) is 0 Å². The van der Waals surface area contributed by atoms with Crippen LogP contribution in [0, 0.1) is 5.41 Å². The zero-order valence-corrected chi connectivity index (χ0v) is 8.00. The molecule has 0 spiro atoms. The molecule has 0 aromatic carbocycles. The van der Waals surface area contributed by atoms with Gasteiger partial charge < -0.3 is 15.9 Å². The second kappa shape index (κ2) is 2.48. The fourth-order valence-corrected chi connectivity index (χ4v) is 2.00. The Hall–Kier alpha value is -1.03. The first-order valence-electron chi connectivity index (χ1n) is 4.49. The maximum absolute atomic E-state index is 5.96. The SMILES string of the molecule is CC1(C)Cc2oc(N)nc2C(N)C1. The molecule has 0 saturated heterocycles. The highest BCUT2D eigenvalue weighted by molar-refractivity contribution is 5.26. The van der Waals surface area contributed by atoms with Gasteiger partial charge in [-0.25, -0.2) is 0 Å². The van der Waals surface area contributed by atoms with Gasteiger partial charge in [-0.1, -0.05) is 13.8 Å². The Balaban J connectivity index is 2.42. The van der Waals surface area contributed by atoms with Gasteiger partial charge in [0.1, 0.15) is 11.5 Å². The van der Waals surface area contributed by atoms with Crippen molar-refractivity contribution in [3.63, 3.8) is 0 Å². The fourth-order valence-electron chi connectivity index (χ4n) is 2.00. The van der Waals surface area contributed by atoms with E-state index in [1.54, 1.807) is 0 Å². The number of anilines is 1. The third-order valence-corrected chi connectivity index (χ3v) is 2.51. The van der Waals surface area contributed by atoms with Crippen LogP contribution in [0.5, 0.6) is 0 Å². The van der Waals surface area contributed by atoms with Crippen LogP contribution < -0.4 is 11.5 Å². The lowest BCUT2D eigenvalue weighted by molar-refractivity contribution is 0.256. The topological polar surface area (TPSA) is 78.1 Å². The van der Waals surface area contributed by atoms with Gasteiger partial charge >= 0.3 is 0 Å². The summed E-state index contributed by atoms with van der Waals surface area (Å²) >= 11 is 0. The van der Waals surface area contributed by atoms with Crippen molar-refractivity contribution < 1.29 is 4.42 Å². The fraction of sp³-hybridized carbons (Fsp3) is 0.667. The smallest absolute Gasteiger partial charge is 0.292 e. The van der Waals surface area contributed by atoms with Gasteiger partial charge in [0.05, 0.1) is 6.04 Å². The highest BCUT2D eigenvalue weighted by atomic mass is 16.4. The molecule has 0 bridgehead atoms. The van der Waals surface area contributed by atoms with Crippen molar-refractivity contribution in [2.45, 2.75) is 32.7 Å². The first kappa shape index (κ1) is 8.56. The number of nitrogens with two attached hydrogens (primary N) is 2. The second-order valence-electron chi connectivity index (χ2n) is 4.51. The summed E-state index contributed by atoms with van der Waals surface area (Å²) in [5.41, 5.74) is 12.5. The normalized spacial score (nSPS) is 25.6. The predicted molar refractivity (Wildman–Crippen MR) is 49.9 cm³/mol. The number of nitrogen functional groups attached to an aromatic ring is 1. The molecule has 0 fully saturated rings. The van der Waals surface area contributed by atoms with Crippen molar-refractivity contribution in [3.05, 3.63) is 11.5 Å². The Morgan fingerprint density at radius 1 is 1.54 bits per heavy atom. The standard InChI is InChI=1S/C9H15N3O/c1-9(2)3-5(10)7-6(4-9)13-8(11)12-7/h5H,3-4,10H2,1-2H3,(H2,11,12). The van der Waals surface area contributed by atoms with Gasteiger partial charge in [0.15, 0.2) is 0 Å². The van der Waals surface area contributed by atoms with E-state index in [1.807, 2.05) is 0 Å². The van der Waals surface area contributed by atoms with E-state index < -0.39 is 0 Å². The zero-order valence-electron chi connectivity index (χ0n) is 8.00. The molecule has 1 aromatic rings. The highest BCUT2D eigenvalue weighted by Crippen LogP contribution is 2.39. The van der Waals surface area contributed by atoms with Crippen LogP contribution in [-0.4, -0.2) is 4.98 Å². The van der Waals surface area contributed by atoms with Crippen molar-refractivity contribution in [1.82, 2.24) is 4.98 Å². The van der Waals surface area contributed by atoms with Gasteiger partial charge in [0, 0.05) is 6.42 Å². The molecule has 0 amide bonds. The van der Waals surface area contributed by atoms with Crippen molar-refractivity contribution >= 4 is 6.01 Å². The molecular formula is C9H15N3O. The summed E-state index contributed by atoms with van der Waals surface area (Å²) in [5, 5.41) is 0. The molecule has 4 N–H and O–H groups in total. The molecule has 0 saturated carbocycles. The number of rotatable bonds is 0. The van der Waals surface area contributed by atoms with Gasteiger partial charge in [0.25, 0.3) is 6.01 Å². The Bertz CT molecular complexity index is 330. The molecule has 4 nitrogen and oxygen atoms in total. The molecule has 4 heteroatoms. The van der Waals surface area contributed by atoms with E-state index in [2.05, 4.69) is 18.8 Å². The predicted octanol–water partition coefficient (Wildman–Crippen LogP) is 1.23. The largest absolute Gasteiger partial charge is 0.429 e. The molecule has 1 aliphatic carbocycles. The van der Waals surface area contributed by atoms with E-state index in [1.165, 1.54) is 0 Å². The van der Waals surface area contributed by atoms with Crippen LogP contribution in [0.1, 0.15) is 37.8 Å². The number of oxazole rings is 1. The Kier molecular flexibility index (Phi) is 1.63. The summed E-state index contributed by atoms with van der Waals surface area (Å²) in [6, 6.07) is 0.206. The van der Waals surface area contributed by atoms with E-state index in [0.717, 1.165) is 24.3 Å². The van der Waals surface area contributed by atoms with Gasteiger partial charge in [-0.3, -0.25) is 0 Å². The minimum absolute atomic E-state index is 0.0280. The van der Waals surface area contributed by atoms with Gasteiger partial charge in [-0.2, -0.15) is 4.98 Å². The van der Waals surface area contributed by atoms with Crippen LogP contribution in [0.4, 0.5) is 6.01 Å². The van der Waals surface area contributed by atoms with Crippen molar-refractivity contribution in [2.24, 2.45) is 11.1 Å². The number of hydrogen-bond acceptors (Lipinski definition) is 4. The van der Waals surface area contributed by atoms with Gasteiger partial charge in [-0.15, -0.1) is 0 Å². The monoisotopic (exact) mass is 181 g/mol. The quantitative estimate of drug-likeness (QED) is 0.631. The minimum atomic E-state index is -0.0280. The molecule has 2 rings (SSSR count). The maximum atomic E-state index is 5.96. The number of fused-ring (bicyclic) bond motifs is 1. The first-order chi connectivity index (χ1) is 5.98. The summed E-state index contributed by atoms with van der Waals surface area (Å²) in [7, 11) is 0. The molecule has 1 aliphatic rings. The van der Waals surface area contributed by atoms with Gasteiger partial charge in [-0.05, 0) is 11.8 Å². The molecule has 0 aliphatic heterocycles. The summed E-state index contributed by atoms with van der Waals surface area (Å²) in [4.78, 5) is 4.08. The van der Waals surface area contributed by atoms with E-state index in [4.69, 9.17) is 15.9 Å². The maximum Gasteiger partial charge on any atom is 0.292 e. The van der Waals surface area contributed by atoms with Crippen LogP contribution in [0.3, 0.4) is 0 Å². The van der Waals surface area contributed by atoms with Crippen LogP contribution in [0.15, 0.2) is 4.42 Å². The second-order valence-corrected chi connectivity index (χ2v) is 4.51.